The number of carbonyl (C=O) groups excluding carboxylic acids is 1. The first kappa shape index (κ1) is 7.65. The standard InChI is InChI=1S/C9H14N2O/c1-2-11-5-7-3-4-10-9(12)8(7)6-11/h2,7-8H,1,3-6H2,(H,10,12). The molecule has 2 atom stereocenters. The predicted molar refractivity (Wildman–Crippen MR) is 46.4 cm³/mol. The normalized spacial score (nSPS) is 34.3. The van der Waals surface area contributed by atoms with Crippen molar-refractivity contribution in [2.24, 2.45) is 11.8 Å². The van der Waals surface area contributed by atoms with Crippen LogP contribution in [0.5, 0.6) is 0 Å². The van der Waals surface area contributed by atoms with E-state index < -0.39 is 0 Å². The Morgan fingerprint density at radius 2 is 2.42 bits per heavy atom. The lowest BCUT2D eigenvalue weighted by molar-refractivity contribution is -0.127. The molecule has 2 aliphatic rings. The monoisotopic (exact) mass is 166 g/mol. The van der Waals surface area contributed by atoms with Gasteiger partial charge in [-0.3, -0.25) is 4.79 Å². The SMILES string of the molecule is C=CN1CC2CCNC(=O)C2C1. The topological polar surface area (TPSA) is 32.3 Å². The highest BCUT2D eigenvalue weighted by atomic mass is 16.2. The van der Waals surface area contributed by atoms with E-state index in [1.54, 1.807) is 0 Å². The Labute approximate surface area is 72.4 Å². The lowest BCUT2D eigenvalue weighted by Gasteiger charge is -2.23. The van der Waals surface area contributed by atoms with Crippen LogP contribution >= 0.6 is 0 Å². The fourth-order valence-electron chi connectivity index (χ4n) is 2.16. The molecular weight excluding hydrogens is 152 g/mol. The van der Waals surface area contributed by atoms with Gasteiger partial charge in [0.2, 0.25) is 5.91 Å². The summed E-state index contributed by atoms with van der Waals surface area (Å²) < 4.78 is 0. The van der Waals surface area contributed by atoms with Crippen LogP contribution in [0.15, 0.2) is 12.8 Å². The van der Waals surface area contributed by atoms with Gasteiger partial charge in [-0.2, -0.15) is 0 Å². The van der Waals surface area contributed by atoms with E-state index in [1.165, 1.54) is 0 Å². The molecule has 1 amide bonds. The Kier molecular flexibility index (Phi) is 1.79. The molecular formula is C9H14N2O. The Morgan fingerprint density at radius 3 is 3.08 bits per heavy atom. The highest BCUT2D eigenvalue weighted by Gasteiger charge is 2.38. The molecule has 0 saturated carbocycles. The molecule has 2 fully saturated rings. The lowest BCUT2D eigenvalue weighted by atomic mass is 9.89. The van der Waals surface area contributed by atoms with Crippen molar-refractivity contribution in [3.8, 4) is 0 Å². The van der Waals surface area contributed by atoms with Crippen LogP contribution in [0.3, 0.4) is 0 Å². The van der Waals surface area contributed by atoms with Crippen LogP contribution in [0.4, 0.5) is 0 Å². The Morgan fingerprint density at radius 1 is 1.58 bits per heavy atom. The number of fused-ring (bicyclic) bond motifs is 1. The molecule has 3 heteroatoms. The smallest absolute Gasteiger partial charge is 0.225 e. The third kappa shape index (κ3) is 1.09. The molecule has 1 N–H and O–H groups in total. The van der Waals surface area contributed by atoms with Crippen LogP contribution in [0.1, 0.15) is 6.42 Å². The van der Waals surface area contributed by atoms with E-state index >= 15 is 0 Å². The zero-order valence-corrected chi connectivity index (χ0v) is 7.12. The van der Waals surface area contributed by atoms with Gasteiger partial charge < -0.3 is 10.2 Å². The van der Waals surface area contributed by atoms with Gasteiger partial charge in [0.15, 0.2) is 0 Å². The molecule has 2 heterocycles. The molecule has 0 aliphatic carbocycles. The predicted octanol–water partition coefficient (Wildman–Crippen LogP) is 0.198. The van der Waals surface area contributed by atoms with E-state index in [0.29, 0.717) is 5.92 Å². The van der Waals surface area contributed by atoms with Gasteiger partial charge >= 0.3 is 0 Å². The number of carbonyl (C=O) groups is 1. The van der Waals surface area contributed by atoms with Crippen LogP contribution < -0.4 is 5.32 Å². The molecule has 0 spiro atoms. The third-order valence-electron chi connectivity index (χ3n) is 2.88. The summed E-state index contributed by atoms with van der Waals surface area (Å²) in [5.74, 6) is 1.02. The largest absolute Gasteiger partial charge is 0.377 e. The second kappa shape index (κ2) is 2.81. The van der Waals surface area contributed by atoms with E-state index in [0.717, 1.165) is 26.1 Å². The second-order valence-corrected chi connectivity index (χ2v) is 3.58. The fraction of sp³-hybridized carbons (Fsp3) is 0.667. The van der Waals surface area contributed by atoms with Crippen molar-refractivity contribution in [1.29, 1.82) is 0 Å². The average Bonchev–Trinajstić information content (AvgIpc) is 2.49. The van der Waals surface area contributed by atoms with E-state index in [2.05, 4.69) is 16.8 Å². The van der Waals surface area contributed by atoms with Crippen molar-refractivity contribution < 1.29 is 4.79 Å². The van der Waals surface area contributed by atoms with E-state index in [4.69, 9.17) is 0 Å². The van der Waals surface area contributed by atoms with Gasteiger partial charge in [-0.25, -0.2) is 0 Å². The van der Waals surface area contributed by atoms with Gasteiger partial charge in [-0.1, -0.05) is 6.58 Å². The molecule has 66 valence electrons. The van der Waals surface area contributed by atoms with Crippen molar-refractivity contribution in [2.75, 3.05) is 19.6 Å². The minimum Gasteiger partial charge on any atom is -0.377 e. The lowest BCUT2D eigenvalue weighted by Crippen LogP contribution is -2.41. The van der Waals surface area contributed by atoms with Crippen molar-refractivity contribution in [3.63, 3.8) is 0 Å². The van der Waals surface area contributed by atoms with Crippen LogP contribution in [0.2, 0.25) is 0 Å². The highest BCUT2D eigenvalue weighted by Crippen LogP contribution is 2.28. The van der Waals surface area contributed by atoms with Crippen molar-refractivity contribution in [2.45, 2.75) is 6.42 Å². The molecule has 0 bridgehead atoms. The number of nitrogens with zero attached hydrogens (tertiary/aromatic N) is 1. The average molecular weight is 166 g/mol. The van der Waals surface area contributed by atoms with E-state index in [1.807, 2.05) is 6.20 Å². The summed E-state index contributed by atoms with van der Waals surface area (Å²) in [5.41, 5.74) is 0. The Balaban J connectivity index is 2.08. The number of nitrogens with one attached hydrogen (secondary N) is 1. The van der Waals surface area contributed by atoms with Gasteiger partial charge in [-0.15, -0.1) is 0 Å². The summed E-state index contributed by atoms with van der Waals surface area (Å²) in [5, 5.41) is 2.90. The summed E-state index contributed by atoms with van der Waals surface area (Å²) >= 11 is 0. The summed E-state index contributed by atoms with van der Waals surface area (Å²) in [6.45, 7) is 6.45. The maximum absolute atomic E-state index is 11.4. The number of hydrogen-bond donors (Lipinski definition) is 1. The molecule has 2 saturated heterocycles. The molecule has 0 aromatic heterocycles. The first-order valence-electron chi connectivity index (χ1n) is 4.45. The van der Waals surface area contributed by atoms with Crippen LogP contribution in [-0.2, 0) is 4.79 Å². The molecule has 3 nitrogen and oxygen atoms in total. The van der Waals surface area contributed by atoms with Crippen LogP contribution in [-0.4, -0.2) is 30.4 Å². The second-order valence-electron chi connectivity index (χ2n) is 3.58. The zero-order valence-electron chi connectivity index (χ0n) is 7.12. The van der Waals surface area contributed by atoms with Crippen molar-refractivity contribution in [1.82, 2.24) is 10.2 Å². The number of likely N-dealkylation sites (tertiary alicyclic amines) is 1. The minimum absolute atomic E-state index is 0.219. The van der Waals surface area contributed by atoms with Crippen LogP contribution in [0.25, 0.3) is 0 Å². The van der Waals surface area contributed by atoms with Gasteiger partial charge in [0, 0.05) is 19.6 Å². The molecule has 12 heavy (non-hydrogen) atoms. The first-order valence-corrected chi connectivity index (χ1v) is 4.45. The summed E-state index contributed by atoms with van der Waals surface area (Å²) in [6.07, 6.45) is 2.96. The zero-order chi connectivity index (χ0) is 8.55. The maximum atomic E-state index is 11.4. The first-order chi connectivity index (χ1) is 5.81. The summed E-state index contributed by atoms with van der Waals surface area (Å²) in [7, 11) is 0. The number of rotatable bonds is 1. The Hall–Kier alpha value is -0.990. The highest BCUT2D eigenvalue weighted by molar-refractivity contribution is 5.80. The number of hydrogen-bond acceptors (Lipinski definition) is 2. The summed E-state index contributed by atoms with van der Waals surface area (Å²) in [6, 6.07) is 0. The molecule has 0 aromatic rings. The van der Waals surface area contributed by atoms with E-state index in [-0.39, 0.29) is 11.8 Å². The Bertz CT molecular complexity index is 215. The van der Waals surface area contributed by atoms with Gasteiger partial charge in [0.05, 0.1) is 5.92 Å². The maximum Gasteiger partial charge on any atom is 0.225 e. The van der Waals surface area contributed by atoms with Crippen LogP contribution in [0, 0.1) is 11.8 Å². The molecule has 2 unspecified atom stereocenters. The van der Waals surface area contributed by atoms with Gasteiger partial charge in [-0.05, 0) is 18.5 Å². The summed E-state index contributed by atoms with van der Waals surface area (Å²) in [4.78, 5) is 13.5. The third-order valence-corrected chi connectivity index (χ3v) is 2.88. The van der Waals surface area contributed by atoms with Gasteiger partial charge in [0.25, 0.3) is 0 Å². The molecule has 2 aliphatic heterocycles. The minimum atomic E-state index is 0.219. The molecule has 0 radical (unpaired) electrons. The van der Waals surface area contributed by atoms with Gasteiger partial charge in [0.1, 0.15) is 0 Å². The fourth-order valence-corrected chi connectivity index (χ4v) is 2.16. The number of piperidine rings is 1. The number of amides is 1. The molecule has 2 rings (SSSR count). The quantitative estimate of drug-likeness (QED) is 0.603. The van der Waals surface area contributed by atoms with E-state index in [9.17, 15) is 4.79 Å². The molecule has 0 aromatic carbocycles. The van der Waals surface area contributed by atoms with Crippen molar-refractivity contribution in [3.05, 3.63) is 12.8 Å². The van der Waals surface area contributed by atoms with Crippen molar-refractivity contribution >= 4 is 5.91 Å².